The van der Waals surface area contributed by atoms with Crippen LogP contribution < -0.4 is 5.32 Å². The standard InChI is InChI=1S/C18H20Cl2N2O5/c1-8(2)9(3)21-15(23)7-27-18(26)10(4)22-16(24)11-5-13(19)14(20)6-12(11)17(22)25/h5-6,8-10H,7H2,1-4H3,(H,21,23)/t9-,10-/m0/s1. The zero-order valence-corrected chi connectivity index (χ0v) is 16.9. The van der Waals surface area contributed by atoms with Crippen molar-refractivity contribution in [2.24, 2.45) is 5.92 Å². The molecule has 0 radical (unpaired) electrons. The van der Waals surface area contributed by atoms with Crippen LogP contribution in [0.1, 0.15) is 48.4 Å². The minimum absolute atomic E-state index is 0.0672. The van der Waals surface area contributed by atoms with Gasteiger partial charge in [0.15, 0.2) is 6.61 Å². The molecule has 1 N–H and O–H groups in total. The second kappa shape index (κ2) is 8.27. The van der Waals surface area contributed by atoms with E-state index in [1.54, 1.807) is 0 Å². The number of benzene rings is 1. The largest absolute Gasteiger partial charge is 0.454 e. The van der Waals surface area contributed by atoms with Crippen molar-refractivity contribution in [2.75, 3.05) is 6.61 Å². The van der Waals surface area contributed by atoms with Gasteiger partial charge >= 0.3 is 5.97 Å². The molecule has 1 heterocycles. The quantitative estimate of drug-likeness (QED) is 0.570. The van der Waals surface area contributed by atoms with Crippen molar-refractivity contribution in [1.29, 1.82) is 0 Å². The van der Waals surface area contributed by atoms with Crippen LogP contribution >= 0.6 is 23.2 Å². The van der Waals surface area contributed by atoms with E-state index in [2.05, 4.69) is 5.32 Å². The Balaban J connectivity index is 2.04. The number of carbonyl (C=O) groups is 4. The summed E-state index contributed by atoms with van der Waals surface area (Å²) in [4.78, 5) is 49.8. The molecular weight excluding hydrogens is 395 g/mol. The van der Waals surface area contributed by atoms with Crippen molar-refractivity contribution < 1.29 is 23.9 Å². The van der Waals surface area contributed by atoms with Crippen LogP contribution in [-0.2, 0) is 14.3 Å². The number of imide groups is 1. The molecule has 0 fully saturated rings. The molecule has 0 spiro atoms. The highest BCUT2D eigenvalue weighted by Crippen LogP contribution is 2.32. The first-order valence-corrected chi connectivity index (χ1v) is 9.13. The van der Waals surface area contributed by atoms with Crippen molar-refractivity contribution >= 4 is 46.9 Å². The number of nitrogens with one attached hydrogen (secondary N) is 1. The number of rotatable bonds is 6. The van der Waals surface area contributed by atoms with E-state index in [0.717, 1.165) is 4.90 Å². The minimum atomic E-state index is -1.20. The first kappa shape index (κ1) is 21.2. The normalized spacial score (nSPS) is 15.6. The van der Waals surface area contributed by atoms with E-state index in [1.807, 2.05) is 20.8 Å². The Morgan fingerprint density at radius 3 is 1.96 bits per heavy atom. The van der Waals surface area contributed by atoms with Gasteiger partial charge < -0.3 is 10.1 Å². The first-order valence-electron chi connectivity index (χ1n) is 8.37. The highest BCUT2D eigenvalue weighted by atomic mass is 35.5. The molecule has 0 saturated carbocycles. The number of hydrogen-bond acceptors (Lipinski definition) is 5. The van der Waals surface area contributed by atoms with Gasteiger partial charge in [0.1, 0.15) is 6.04 Å². The third kappa shape index (κ3) is 4.42. The molecular formula is C18H20Cl2N2O5. The number of amides is 3. The van der Waals surface area contributed by atoms with Gasteiger partial charge in [-0.05, 0) is 31.9 Å². The average Bonchev–Trinajstić information content (AvgIpc) is 2.83. The molecule has 7 nitrogen and oxygen atoms in total. The Morgan fingerprint density at radius 2 is 1.52 bits per heavy atom. The highest BCUT2D eigenvalue weighted by Gasteiger charge is 2.42. The molecule has 27 heavy (non-hydrogen) atoms. The monoisotopic (exact) mass is 414 g/mol. The molecule has 2 rings (SSSR count). The Morgan fingerprint density at radius 1 is 1.04 bits per heavy atom. The lowest BCUT2D eigenvalue weighted by Gasteiger charge is -2.21. The van der Waals surface area contributed by atoms with E-state index in [0.29, 0.717) is 0 Å². The molecule has 0 aromatic heterocycles. The molecule has 9 heteroatoms. The van der Waals surface area contributed by atoms with Crippen molar-refractivity contribution in [2.45, 2.75) is 39.8 Å². The second-order valence-electron chi connectivity index (χ2n) is 6.68. The van der Waals surface area contributed by atoms with Gasteiger partial charge in [0, 0.05) is 6.04 Å². The molecule has 2 atom stereocenters. The smallest absolute Gasteiger partial charge is 0.329 e. The second-order valence-corrected chi connectivity index (χ2v) is 7.49. The number of nitrogens with zero attached hydrogens (tertiary/aromatic N) is 1. The fraction of sp³-hybridized carbons (Fsp3) is 0.444. The SMILES string of the molecule is CC(C)[C@H](C)NC(=O)COC(=O)[C@H](C)N1C(=O)c2cc(Cl)c(Cl)cc2C1=O. The predicted molar refractivity (Wildman–Crippen MR) is 99.8 cm³/mol. The van der Waals surface area contributed by atoms with Crippen LogP contribution in [0, 0.1) is 5.92 Å². The Bertz CT molecular complexity index is 768. The van der Waals surface area contributed by atoms with Crippen molar-refractivity contribution in [1.82, 2.24) is 10.2 Å². The molecule has 1 aliphatic heterocycles. The maximum absolute atomic E-state index is 12.5. The summed E-state index contributed by atoms with van der Waals surface area (Å²) in [6, 6.07) is 1.29. The Hall–Kier alpha value is -2.12. The first-order chi connectivity index (χ1) is 12.5. The number of halogens is 2. The van der Waals surface area contributed by atoms with Crippen LogP contribution in [0.4, 0.5) is 0 Å². The van der Waals surface area contributed by atoms with Crippen molar-refractivity contribution in [3.05, 3.63) is 33.3 Å². The molecule has 0 aliphatic carbocycles. The summed E-state index contributed by atoms with van der Waals surface area (Å²) in [6.07, 6.45) is 0. The summed E-state index contributed by atoms with van der Waals surface area (Å²) >= 11 is 11.8. The van der Waals surface area contributed by atoms with Crippen LogP contribution in [0.15, 0.2) is 12.1 Å². The lowest BCUT2D eigenvalue weighted by Crippen LogP contribution is -2.45. The van der Waals surface area contributed by atoms with E-state index in [9.17, 15) is 19.2 Å². The van der Waals surface area contributed by atoms with E-state index >= 15 is 0 Å². The summed E-state index contributed by atoms with van der Waals surface area (Å²) in [5.41, 5.74) is 0.134. The van der Waals surface area contributed by atoms with Gasteiger partial charge in [0.05, 0.1) is 21.2 Å². The van der Waals surface area contributed by atoms with Crippen LogP contribution in [0.25, 0.3) is 0 Å². The molecule has 1 aromatic carbocycles. The number of esters is 1. The van der Waals surface area contributed by atoms with E-state index in [1.165, 1.54) is 19.1 Å². The van der Waals surface area contributed by atoms with Gasteiger partial charge in [-0.1, -0.05) is 37.0 Å². The summed E-state index contributed by atoms with van der Waals surface area (Å²) in [5.74, 6) is -2.45. The summed E-state index contributed by atoms with van der Waals surface area (Å²) in [6.45, 7) is 6.57. The Kier molecular flexibility index (Phi) is 6.49. The van der Waals surface area contributed by atoms with Crippen LogP contribution in [0.2, 0.25) is 10.0 Å². The van der Waals surface area contributed by atoms with E-state index in [-0.39, 0.29) is 33.1 Å². The zero-order chi connectivity index (χ0) is 20.5. The highest BCUT2D eigenvalue weighted by molar-refractivity contribution is 6.43. The number of hydrogen-bond donors (Lipinski definition) is 1. The number of fused-ring (bicyclic) bond motifs is 1. The van der Waals surface area contributed by atoms with Gasteiger partial charge in [-0.25, -0.2) is 4.79 Å². The van der Waals surface area contributed by atoms with Crippen LogP contribution in [-0.4, -0.2) is 47.3 Å². The van der Waals surface area contributed by atoms with Crippen LogP contribution in [0.5, 0.6) is 0 Å². The lowest BCUT2D eigenvalue weighted by molar-refractivity contribution is -0.152. The topological polar surface area (TPSA) is 92.8 Å². The van der Waals surface area contributed by atoms with E-state index < -0.39 is 36.3 Å². The molecule has 1 aromatic rings. The summed E-state index contributed by atoms with van der Waals surface area (Å²) < 4.78 is 4.95. The third-order valence-electron chi connectivity index (χ3n) is 4.42. The number of ether oxygens (including phenoxy) is 1. The molecule has 3 amide bonds. The van der Waals surface area contributed by atoms with Crippen molar-refractivity contribution in [3.8, 4) is 0 Å². The van der Waals surface area contributed by atoms with Crippen molar-refractivity contribution in [3.63, 3.8) is 0 Å². The van der Waals surface area contributed by atoms with Gasteiger partial charge in [0.25, 0.3) is 17.7 Å². The zero-order valence-electron chi connectivity index (χ0n) is 15.3. The Labute approximate surface area is 166 Å². The fourth-order valence-electron chi connectivity index (χ4n) is 2.43. The van der Waals surface area contributed by atoms with Gasteiger partial charge in [-0.2, -0.15) is 0 Å². The van der Waals surface area contributed by atoms with Gasteiger partial charge in [-0.15, -0.1) is 0 Å². The summed E-state index contributed by atoms with van der Waals surface area (Å²) in [5, 5.41) is 2.95. The summed E-state index contributed by atoms with van der Waals surface area (Å²) in [7, 11) is 0. The molecule has 0 bridgehead atoms. The predicted octanol–water partition coefficient (Wildman–Crippen LogP) is 2.68. The molecule has 1 aliphatic rings. The maximum Gasteiger partial charge on any atom is 0.329 e. The van der Waals surface area contributed by atoms with Gasteiger partial charge in [-0.3, -0.25) is 19.3 Å². The number of carbonyl (C=O) groups excluding carboxylic acids is 4. The molecule has 0 saturated heterocycles. The van der Waals surface area contributed by atoms with E-state index in [4.69, 9.17) is 27.9 Å². The fourth-order valence-corrected chi connectivity index (χ4v) is 2.76. The van der Waals surface area contributed by atoms with Gasteiger partial charge in [0.2, 0.25) is 0 Å². The lowest BCUT2D eigenvalue weighted by atomic mass is 10.1. The maximum atomic E-state index is 12.5. The third-order valence-corrected chi connectivity index (χ3v) is 5.14. The molecule has 146 valence electrons. The van der Waals surface area contributed by atoms with Crippen LogP contribution in [0.3, 0.4) is 0 Å². The minimum Gasteiger partial charge on any atom is -0.454 e. The molecule has 0 unspecified atom stereocenters. The average molecular weight is 415 g/mol.